The number of benzene rings is 1. The second-order valence-electron chi connectivity index (χ2n) is 5.26. The van der Waals surface area contributed by atoms with E-state index in [4.69, 9.17) is 5.73 Å². The Morgan fingerprint density at radius 3 is 3.17 bits per heavy atom. The van der Waals surface area contributed by atoms with Gasteiger partial charge < -0.3 is 10.7 Å². The van der Waals surface area contributed by atoms with Crippen molar-refractivity contribution in [1.82, 2.24) is 14.9 Å². The van der Waals surface area contributed by atoms with Gasteiger partial charge in [-0.15, -0.1) is 0 Å². The van der Waals surface area contributed by atoms with E-state index in [1.165, 1.54) is 25.9 Å². The number of hydrogen-bond acceptors (Lipinski definition) is 3. The molecule has 4 heteroatoms. The summed E-state index contributed by atoms with van der Waals surface area (Å²) < 4.78 is 0. The van der Waals surface area contributed by atoms with Gasteiger partial charge in [0, 0.05) is 12.2 Å². The van der Waals surface area contributed by atoms with Crippen LogP contribution in [0.3, 0.4) is 0 Å². The van der Waals surface area contributed by atoms with Crippen LogP contribution in [-0.2, 0) is 6.54 Å². The van der Waals surface area contributed by atoms with Gasteiger partial charge in [-0.05, 0) is 37.1 Å². The highest BCUT2D eigenvalue weighted by molar-refractivity contribution is 5.78. The van der Waals surface area contributed by atoms with Crippen molar-refractivity contribution >= 4 is 16.7 Å². The van der Waals surface area contributed by atoms with Crippen LogP contribution in [0.2, 0.25) is 0 Å². The number of aromatic nitrogens is 2. The summed E-state index contributed by atoms with van der Waals surface area (Å²) in [6, 6.07) is 5.82. The molecule has 1 fully saturated rings. The summed E-state index contributed by atoms with van der Waals surface area (Å²) in [6.45, 7) is 5.59. The number of nitrogen functional groups attached to an aromatic ring is 1. The fourth-order valence-electron chi connectivity index (χ4n) is 2.76. The molecule has 1 aliphatic rings. The van der Waals surface area contributed by atoms with E-state index in [1.54, 1.807) is 0 Å². The van der Waals surface area contributed by atoms with Crippen molar-refractivity contribution in [3.8, 4) is 0 Å². The van der Waals surface area contributed by atoms with E-state index in [9.17, 15) is 0 Å². The van der Waals surface area contributed by atoms with Crippen LogP contribution in [-0.4, -0.2) is 28.0 Å². The molecule has 1 unspecified atom stereocenters. The Labute approximate surface area is 107 Å². The normalized spacial score (nSPS) is 20.8. The van der Waals surface area contributed by atoms with E-state index < -0.39 is 0 Å². The lowest BCUT2D eigenvalue weighted by Gasteiger charge is -2.13. The molecular weight excluding hydrogens is 224 g/mol. The topological polar surface area (TPSA) is 57.9 Å². The fraction of sp³-hybridized carbons (Fsp3) is 0.500. The van der Waals surface area contributed by atoms with E-state index in [0.717, 1.165) is 35.0 Å². The molecule has 4 nitrogen and oxygen atoms in total. The van der Waals surface area contributed by atoms with Crippen molar-refractivity contribution in [3.63, 3.8) is 0 Å². The lowest BCUT2D eigenvalue weighted by Crippen LogP contribution is -2.20. The van der Waals surface area contributed by atoms with E-state index >= 15 is 0 Å². The van der Waals surface area contributed by atoms with E-state index in [0.29, 0.717) is 0 Å². The van der Waals surface area contributed by atoms with Crippen molar-refractivity contribution in [2.75, 3.05) is 18.8 Å². The number of fused-ring (bicyclic) bond motifs is 1. The van der Waals surface area contributed by atoms with Gasteiger partial charge >= 0.3 is 0 Å². The zero-order valence-corrected chi connectivity index (χ0v) is 10.8. The van der Waals surface area contributed by atoms with Crippen molar-refractivity contribution in [2.45, 2.75) is 26.3 Å². The zero-order chi connectivity index (χ0) is 12.5. The summed E-state index contributed by atoms with van der Waals surface area (Å²) in [5.41, 5.74) is 8.60. The molecule has 0 saturated carbocycles. The van der Waals surface area contributed by atoms with Crippen LogP contribution in [0.15, 0.2) is 18.2 Å². The van der Waals surface area contributed by atoms with Gasteiger partial charge in [0.1, 0.15) is 5.82 Å². The molecule has 1 aromatic carbocycles. The minimum absolute atomic E-state index is 0.782. The number of nitrogens with two attached hydrogens (primary N) is 1. The van der Waals surface area contributed by atoms with Crippen LogP contribution >= 0.6 is 0 Å². The van der Waals surface area contributed by atoms with Crippen molar-refractivity contribution < 1.29 is 0 Å². The molecule has 96 valence electrons. The first kappa shape index (κ1) is 11.5. The maximum absolute atomic E-state index is 5.77. The lowest BCUT2D eigenvalue weighted by atomic mass is 10.1. The van der Waals surface area contributed by atoms with Crippen molar-refractivity contribution in [2.24, 2.45) is 5.92 Å². The third-order valence-electron chi connectivity index (χ3n) is 3.88. The van der Waals surface area contributed by atoms with Gasteiger partial charge in [0.05, 0.1) is 17.6 Å². The number of aromatic amines is 1. The zero-order valence-electron chi connectivity index (χ0n) is 10.8. The van der Waals surface area contributed by atoms with E-state index in [2.05, 4.69) is 21.8 Å². The van der Waals surface area contributed by atoms with Crippen LogP contribution in [0.25, 0.3) is 11.0 Å². The maximum atomic E-state index is 5.77. The number of imidazole rings is 1. The molecule has 1 aliphatic heterocycles. The monoisotopic (exact) mass is 244 g/mol. The van der Waals surface area contributed by atoms with Crippen LogP contribution in [0.4, 0.5) is 5.69 Å². The Hall–Kier alpha value is -1.55. The summed E-state index contributed by atoms with van der Waals surface area (Å²) in [5, 5.41) is 0. The van der Waals surface area contributed by atoms with E-state index in [-0.39, 0.29) is 0 Å². The molecule has 0 amide bonds. The summed E-state index contributed by atoms with van der Waals surface area (Å²) in [5.74, 6) is 1.91. The highest BCUT2D eigenvalue weighted by atomic mass is 15.2. The number of nitrogens with one attached hydrogen (secondary N) is 1. The Balaban J connectivity index is 1.75. The van der Waals surface area contributed by atoms with Crippen molar-refractivity contribution in [3.05, 3.63) is 24.0 Å². The number of anilines is 1. The van der Waals surface area contributed by atoms with Gasteiger partial charge in [-0.3, -0.25) is 4.90 Å². The minimum atomic E-state index is 0.782. The SMILES string of the molecule is CCC1CCN(Cc2nc3ccc(N)cc3[nH]2)C1. The van der Waals surface area contributed by atoms with Crippen LogP contribution in [0, 0.1) is 5.92 Å². The minimum Gasteiger partial charge on any atom is -0.399 e. The first-order chi connectivity index (χ1) is 8.74. The summed E-state index contributed by atoms with van der Waals surface area (Å²) >= 11 is 0. The molecular formula is C14H20N4. The molecule has 18 heavy (non-hydrogen) atoms. The lowest BCUT2D eigenvalue weighted by molar-refractivity contribution is 0.308. The molecule has 3 rings (SSSR count). The first-order valence-corrected chi connectivity index (χ1v) is 6.71. The van der Waals surface area contributed by atoms with Gasteiger partial charge in [-0.1, -0.05) is 13.3 Å². The van der Waals surface area contributed by atoms with Gasteiger partial charge in [-0.25, -0.2) is 4.98 Å². The number of H-pyrrole nitrogens is 1. The molecule has 1 aromatic heterocycles. The average molecular weight is 244 g/mol. The molecule has 1 atom stereocenters. The Kier molecular flexibility index (Phi) is 2.96. The summed E-state index contributed by atoms with van der Waals surface area (Å²) in [7, 11) is 0. The first-order valence-electron chi connectivity index (χ1n) is 6.71. The average Bonchev–Trinajstić information content (AvgIpc) is 2.95. The Bertz CT molecular complexity index is 546. The highest BCUT2D eigenvalue weighted by Gasteiger charge is 2.21. The number of hydrogen-bond donors (Lipinski definition) is 2. The number of rotatable bonds is 3. The Morgan fingerprint density at radius 1 is 1.50 bits per heavy atom. The molecule has 0 spiro atoms. The van der Waals surface area contributed by atoms with Gasteiger partial charge in [0.15, 0.2) is 0 Å². The highest BCUT2D eigenvalue weighted by Crippen LogP contribution is 2.21. The Morgan fingerprint density at radius 2 is 2.39 bits per heavy atom. The maximum Gasteiger partial charge on any atom is 0.121 e. The van der Waals surface area contributed by atoms with Crippen LogP contribution in [0.5, 0.6) is 0 Å². The molecule has 0 radical (unpaired) electrons. The second kappa shape index (κ2) is 4.61. The quantitative estimate of drug-likeness (QED) is 0.815. The largest absolute Gasteiger partial charge is 0.399 e. The van der Waals surface area contributed by atoms with Crippen molar-refractivity contribution in [1.29, 1.82) is 0 Å². The third-order valence-corrected chi connectivity index (χ3v) is 3.88. The van der Waals surface area contributed by atoms with Gasteiger partial charge in [0.2, 0.25) is 0 Å². The molecule has 1 saturated heterocycles. The summed E-state index contributed by atoms with van der Waals surface area (Å²) in [6.07, 6.45) is 2.61. The van der Waals surface area contributed by atoms with Gasteiger partial charge in [0.25, 0.3) is 0 Å². The smallest absolute Gasteiger partial charge is 0.121 e. The molecule has 2 aromatic rings. The fourth-order valence-corrected chi connectivity index (χ4v) is 2.76. The molecule has 3 N–H and O–H groups in total. The number of likely N-dealkylation sites (tertiary alicyclic amines) is 1. The van der Waals surface area contributed by atoms with Crippen LogP contribution < -0.4 is 5.73 Å². The number of nitrogens with zero attached hydrogens (tertiary/aromatic N) is 2. The standard InChI is InChI=1S/C14H20N4/c1-2-10-5-6-18(8-10)9-14-16-12-4-3-11(15)7-13(12)17-14/h3-4,7,10H,2,5-6,8-9,15H2,1H3,(H,16,17). The summed E-state index contributed by atoms with van der Waals surface area (Å²) in [4.78, 5) is 10.5. The predicted molar refractivity (Wildman–Crippen MR) is 74.2 cm³/mol. The van der Waals surface area contributed by atoms with E-state index in [1.807, 2.05) is 18.2 Å². The molecule has 0 aliphatic carbocycles. The van der Waals surface area contributed by atoms with Gasteiger partial charge in [-0.2, -0.15) is 0 Å². The predicted octanol–water partition coefficient (Wildman–Crippen LogP) is 2.38. The molecule has 0 bridgehead atoms. The third kappa shape index (κ3) is 2.20. The van der Waals surface area contributed by atoms with Crippen LogP contribution in [0.1, 0.15) is 25.6 Å². The second-order valence-corrected chi connectivity index (χ2v) is 5.26. The molecule has 2 heterocycles.